The SMILES string of the molecule is COc1cc(NC/C=C(/C)C(=O)O)c(Br)cc1Br. The third-order valence-electron chi connectivity index (χ3n) is 2.28. The second-order valence-electron chi connectivity index (χ2n) is 3.54. The van der Waals surface area contributed by atoms with E-state index in [4.69, 9.17) is 9.84 Å². The van der Waals surface area contributed by atoms with Crippen LogP contribution in [0.2, 0.25) is 0 Å². The van der Waals surface area contributed by atoms with Crippen molar-refractivity contribution in [2.45, 2.75) is 6.92 Å². The Morgan fingerprint density at radius 1 is 1.44 bits per heavy atom. The molecule has 0 spiro atoms. The van der Waals surface area contributed by atoms with Gasteiger partial charge in [0.15, 0.2) is 0 Å². The molecule has 0 aliphatic rings. The molecule has 6 heteroatoms. The highest BCUT2D eigenvalue weighted by atomic mass is 79.9. The summed E-state index contributed by atoms with van der Waals surface area (Å²) in [6.07, 6.45) is 1.61. The van der Waals surface area contributed by atoms with Crippen molar-refractivity contribution in [1.29, 1.82) is 0 Å². The Labute approximate surface area is 122 Å². The van der Waals surface area contributed by atoms with Crippen LogP contribution >= 0.6 is 31.9 Å². The molecule has 0 radical (unpaired) electrons. The summed E-state index contributed by atoms with van der Waals surface area (Å²) in [7, 11) is 1.59. The van der Waals surface area contributed by atoms with E-state index in [0.717, 1.165) is 14.6 Å². The Balaban J connectivity index is 2.79. The fourth-order valence-corrected chi connectivity index (χ4v) is 2.52. The largest absolute Gasteiger partial charge is 0.495 e. The molecule has 1 aromatic rings. The summed E-state index contributed by atoms with van der Waals surface area (Å²) in [5.74, 6) is -0.205. The summed E-state index contributed by atoms with van der Waals surface area (Å²) in [5.41, 5.74) is 1.15. The molecule has 0 heterocycles. The first kappa shape index (κ1) is 15.0. The average Bonchev–Trinajstić information content (AvgIpc) is 2.31. The number of benzene rings is 1. The second-order valence-corrected chi connectivity index (χ2v) is 5.25. The van der Waals surface area contributed by atoms with Crippen molar-refractivity contribution in [3.8, 4) is 5.75 Å². The normalized spacial score (nSPS) is 11.2. The molecule has 1 aromatic carbocycles. The molecule has 1 rings (SSSR count). The zero-order valence-corrected chi connectivity index (χ0v) is 13.1. The molecule has 18 heavy (non-hydrogen) atoms. The van der Waals surface area contributed by atoms with E-state index >= 15 is 0 Å². The zero-order chi connectivity index (χ0) is 13.7. The van der Waals surface area contributed by atoms with Gasteiger partial charge in [0.25, 0.3) is 0 Å². The van der Waals surface area contributed by atoms with Gasteiger partial charge in [0.2, 0.25) is 0 Å². The average molecular weight is 379 g/mol. The summed E-state index contributed by atoms with van der Waals surface area (Å²) in [5, 5.41) is 11.8. The van der Waals surface area contributed by atoms with Crippen LogP contribution in [0, 0.1) is 0 Å². The lowest BCUT2D eigenvalue weighted by Crippen LogP contribution is -2.03. The zero-order valence-electron chi connectivity index (χ0n) is 9.96. The Morgan fingerprint density at radius 2 is 2.11 bits per heavy atom. The molecule has 0 saturated carbocycles. The van der Waals surface area contributed by atoms with Crippen molar-refractivity contribution in [3.05, 3.63) is 32.7 Å². The third-order valence-corrected chi connectivity index (χ3v) is 3.56. The number of hydrogen-bond donors (Lipinski definition) is 2. The molecule has 0 aliphatic carbocycles. The van der Waals surface area contributed by atoms with Gasteiger partial charge in [-0.15, -0.1) is 0 Å². The molecule has 0 bridgehead atoms. The van der Waals surface area contributed by atoms with Crippen molar-refractivity contribution in [1.82, 2.24) is 0 Å². The lowest BCUT2D eigenvalue weighted by Gasteiger charge is -2.10. The summed E-state index contributed by atoms with van der Waals surface area (Å²) in [6, 6.07) is 3.70. The highest BCUT2D eigenvalue weighted by molar-refractivity contribution is 9.11. The van der Waals surface area contributed by atoms with Crippen LogP contribution in [0.1, 0.15) is 6.92 Å². The van der Waals surface area contributed by atoms with Crippen LogP contribution in [-0.2, 0) is 4.79 Å². The van der Waals surface area contributed by atoms with E-state index in [1.807, 2.05) is 12.1 Å². The topological polar surface area (TPSA) is 58.6 Å². The number of carboxylic acid groups (broad SMARTS) is 1. The molecular weight excluding hydrogens is 366 g/mol. The quantitative estimate of drug-likeness (QED) is 0.767. The minimum atomic E-state index is -0.913. The lowest BCUT2D eigenvalue weighted by atomic mass is 10.2. The Morgan fingerprint density at radius 3 is 2.67 bits per heavy atom. The number of rotatable bonds is 5. The first-order chi connectivity index (χ1) is 8.45. The Hall–Kier alpha value is -1.01. The molecule has 4 nitrogen and oxygen atoms in total. The molecule has 0 atom stereocenters. The van der Waals surface area contributed by atoms with Crippen molar-refractivity contribution < 1.29 is 14.6 Å². The highest BCUT2D eigenvalue weighted by Crippen LogP contribution is 2.34. The molecule has 0 saturated heterocycles. The number of carboxylic acids is 1. The number of anilines is 1. The van der Waals surface area contributed by atoms with Crippen molar-refractivity contribution in [2.24, 2.45) is 0 Å². The van der Waals surface area contributed by atoms with Gasteiger partial charge < -0.3 is 15.2 Å². The van der Waals surface area contributed by atoms with Crippen LogP contribution in [0.5, 0.6) is 5.75 Å². The number of hydrogen-bond acceptors (Lipinski definition) is 3. The van der Waals surface area contributed by atoms with E-state index in [2.05, 4.69) is 37.2 Å². The van der Waals surface area contributed by atoms with E-state index in [1.165, 1.54) is 0 Å². The standard InChI is InChI=1S/C12H13Br2NO3/c1-7(12(16)17)3-4-15-10-6-11(18-2)9(14)5-8(10)13/h3,5-6,15H,4H2,1-2H3,(H,16,17)/b7-3-. The van der Waals surface area contributed by atoms with Crippen molar-refractivity contribution in [2.75, 3.05) is 19.0 Å². The van der Waals surface area contributed by atoms with Gasteiger partial charge in [0.05, 0.1) is 17.3 Å². The monoisotopic (exact) mass is 377 g/mol. The highest BCUT2D eigenvalue weighted by Gasteiger charge is 2.06. The molecule has 2 N–H and O–H groups in total. The summed E-state index contributed by atoms with van der Waals surface area (Å²) in [4.78, 5) is 10.6. The van der Waals surface area contributed by atoms with E-state index in [-0.39, 0.29) is 0 Å². The van der Waals surface area contributed by atoms with Crippen LogP contribution in [0.4, 0.5) is 5.69 Å². The summed E-state index contributed by atoms with van der Waals surface area (Å²) in [6.45, 7) is 1.99. The minimum absolute atomic E-state index is 0.308. The summed E-state index contributed by atoms with van der Waals surface area (Å²) < 4.78 is 6.91. The Bertz CT molecular complexity index is 486. The van der Waals surface area contributed by atoms with Gasteiger partial charge in [0.1, 0.15) is 5.75 Å². The van der Waals surface area contributed by atoms with Gasteiger partial charge >= 0.3 is 5.97 Å². The minimum Gasteiger partial charge on any atom is -0.495 e. The van der Waals surface area contributed by atoms with Crippen LogP contribution in [-0.4, -0.2) is 24.7 Å². The van der Waals surface area contributed by atoms with Crippen LogP contribution in [0.25, 0.3) is 0 Å². The second kappa shape index (κ2) is 6.80. The van der Waals surface area contributed by atoms with E-state index < -0.39 is 5.97 Å². The van der Waals surface area contributed by atoms with Gasteiger partial charge in [0, 0.05) is 22.7 Å². The number of ether oxygens (including phenoxy) is 1. The smallest absolute Gasteiger partial charge is 0.331 e. The van der Waals surface area contributed by atoms with Crippen LogP contribution in [0.3, 0.4) is 0 Å². The Kier molecular flexibility index (Phi) is 5.68. The first-order valence-electron chi connectivity index (χ1n) is 5.12. The van der Waals surface area contributed by atoms with Gasteiger partial charge in [-0.1, -0.05) is 6.08 Å². The maximum absolute atomic E-state index is 10.6. The van der Waals surface area contributed by atoms with E-state index in [9.17, 15) is 4.79 Å². The van der Waals surface area contributed by atoms with E-state index in [0.29, 0.717) is 17.9 Å². The fraction of sp³-hybridized carbons (Fsp3) is 0.250. The molecule has 0 aliphatic heterocycles. The predicted molar refractivity (Wildman–Crippen MR) is 78.3 cm³/mol. The number of aliphatic carboxylic acids is 1. The molecular formula is C12H13Br2NO3. The third kappa shape index (κ3) is 4.03. The van der Waals surface area contributed by atoms with Gasteiger partial charge in [-0.25, -0.2) is 4.79 Å². The van der Waals surface area contributed by atoms with Gasteiger partial charge in [-0.2, -0.15) is 0 Å². The predicted octanol–water partition coefficient (Wildman–Crippen LogP) is 3.66. The maximum Gasteiger partial charge on any atom is 0.331 e. The molecule has 0 fully saturated rings. The van der Waals surface area contributed by atoms with Crippen molar-refractivity contribution in [3.63, 3.8) is 0 Å². The van der Waals surface area contributed by atoms with E-state index in [1.54, 1.807) is 20.1 Å². The molecule has 0 unspecified atom stereocenters. The number of carbonyl (C=O) groups is 1. The van der Waals surface area contributed by atoms with Gasteiger partial charge in [-0.3, -0.25) is 0 Å². The van der Waals surface area contributed by atoms with Crippen LogP contribution in [0.15, 0.2) is 32.7 Å². The van der Waals surface area contributed by atoms with Gasteiger partial charge in [-0.05, 0) is 44.8 Å². The van der Waals surface area contributed by atoms with Crippen molar-refractivity contribution >= 4 is 43.5 Å². The number of nitrogens with one attached hydrogen (secondary N) is 1. The number of halogens is 2. The fourth-order valence-electron chi connectivity index (χ4n) is 1.22. The summed E-state index contributed by atoms with van der Waals surface area (Å²) >= 11 is 6.80. The number of methoxy groups -OCH3 is 1. The maximum atomic E-state index is 10.6. The molecule has 0 aromatic heterocycles. The first-order valence-corrected chi connectivity index (χ1v) is 6.71. The molecule has 98 valence electrons. The lowest BCUT2D eigenvalue weighted by molar-refractivity contribution is -0.132. The van der Waals surface area contributed by atoms with Crippen LogP contribution < -0.4 is 10.1 Å². The molecule has 0 amide bonds.